The molecule has 0 spiro atoms. The Balaban J connectivity index is 2.19. The molecule has 0 saturated heterocycles. The molecule has 2 atom stereocenters. The lowest BCUT2D eigenvalue weighted by molar-refractivity contribution is -0.384. The number of rotatable bonds is 4. The molecule has 120 valence electrons. The van der Waals surface area contributed by atoms with Crippen molar-refractivity contribution in [1.29, 1.82) is 0 Å². The Morgan fingerprint density at radius 3 is 2.64 bits per heavy atom. The van der Waals surface area contributed by atoms with Crippen LogP contribution in [0.4, 0.5) is 5.69 Å². The van der Waals surface area contributed by atoms with Crippen LogP contribution in [0, 0.1) is 10.1 Å². The molecule has 22 heavy (non-hydrogen) atoms. The van der Waals surface area contributed by atoms with Gasteiger partial charge in [-0.25, -0.2) is 0 Å². The maximum Gasteiger partial charge on any atom is 0.321 e. The van der Waals surface area contributed by atoms with E-state index in [2.05, 4.69) is 31.9 Å². The molecule has 2 rings (SSSR count). The highest BCUT2D eigenvalue weighted by molar-refractivity contribution is 9.12. The number of alkyl halides is 2. The highest BCUT2D eigenvalue weighted by Gasteiger charge is 2.41. The fourth-order valence-electron chi connectivity index (χ4n) is 2.69. The lowest BCUT2D eigenvalue weighted by atomic mass is 9.95. The summed E-state index contributed by atoms with van der Waals surface area (Å²) in [6, 6.07) is 5.00. The van der Waals surface area contributed by atoms with Crippen LogP contribution in [0.15, 0.2) is 18.2 Å². The normalized spacial score (nSPS) is 22.3. The number of halogens is 2. The second-order valence-electron chi connectivity index (χ2n) is 5.36. The number of nitro groups is 1. The predicted octanol–water partition coefficient (Wildman–Crippen LogP) is 3.93. The van der Waals surface area contributed by atoms with Crippen molar-refractivity contribution in [2.24, 2.45) is 0 Å². The van der Waals surface area contributed by atoms with Crippen LogP contribution in [0.3, 0.4) is 0 Å². The van der Waals surface area contributed by atoms with Crippen molar-refractivity contribution in [2.75, 3.05) is 6.61 Å². The van der Waals surface area contributed by atoms with Crippen molar-refractivity contribution in [2.45, 2.75) is 41.8 Å². The largest absolute Gasteiger partial charge is 0.465 e. The lowest BCUT2D eigenvalue weighted by Crippen LogP contribution is -2.39. The van der Waals surface area contributed by atoms with E-state index in [1.54, 1.807) is 13.0 Å². The van der Waals surface area contributed by atoms with Gasteiger partial charge < -0.3 is 4.74 Å². The van der Waals surface area contributed by atoms with E-state index < -0.39 is 9.15 Å². The Hall–Kier alpha value is -0.950. The molecule has 1 aromatic carbocycles. The summed E-state index contributed by atoms with van der Waals surface area (Å²) in [5.41, 5.74) is 2.20. The summed E-state index contributed by atoms with van der Waals surface area (Å²) in [5, 5.41) is 10.9. The van der Waals surface area contributed by atoms with Gasteiger partial charge in [-0.2, -0.15) is 0 Å². The summed E-state index contributed by atoms with van der Waals surface area (Å²) in [6.45, 7) is 2.12. The number of aryl methyl sites for hydroxylation is 2. The number of fused-ring (bicyclic) bond motifs is 1. The number of esters is 1. The summed E-state index contributed by atoms with van der Waals surface area (Å²) < 4.78 is 4.68. The Bertz CT molecular complexity index is 593. The summed E-state index contributed by atoms with van der Waals surface area (Å²) in [5.74, 6) is -0.281. The third kappa shape index (κ3) is 3.68. The molecule has 2 unspecified atom stereocenters. The van der Waals surface area contributed by atoms with Crippen LogP contribution < -0.4 is 0 Å². The van der Waals surface area contributed by atoms with E-state index in [4.69, 9.17) is 4.74 Å². The second kappa shape index (κ2) is 7.08. The van der Waals surface area contributed by atoms with Gasteiger partial charge in [0.05, 0.1) is 11.5 Å². The van der Waals surface area contributed by atoms with Gasteiger partial charge in [-0.05, 0) is 43.7 Å². The van der Waals surface area contributed by atoms with Gasteiger partial charge in [0.1, 0.15) is 4.83 Å². The molecule has 0 heterocycles. The number of non-ortho nitro benzene ring substituents is 1. The van der Waals surface area contributed by atoms with E-state index in [9.17, 15) is 14.9 Å². The molecule has 1 aromatic rings. The van der Waals surface area contributed by atoms with Crippen LogP contribution in [0.25, 0.3) is 0 Å². The standard InChI is InChI=1S/C15H17Br2NO4/c1-2-22-14(19)13(16)15(17)7-5-10-3-4-12(18(20)21)9-11(10)6-8-15/h3-4,9,13H,2,5-8H2,1H3. The van der Waals surface area contributed by atoms with Gasteiger partial charge in [0.2, 0.25) is 0 Å². The Labute approximate surface area is 145 Å². The SMILES string of the molecule is CCOC(=O)C(Br)C1(Br)CCc2ccc([N+](=O)[O-])cc2CC1. The molecular weight excluding hydrogens is 418 g/mol. The first-order valence-corrected chi connectivity index (χ1v) is 8.84. The fraction of sp³-hybridized carbons (Fsp3) is 0.533. The monoisotopic (exact) mass is 433 g/mol. The van der Waals surface area contributed by atoms with E-state index in [-0.39, 0.29) is 16.6 Å². The van der Waals surface area contributed by atoms with Crippen LogP contribution >= 0.6 is 31.9 Å². The van der Waals surface area contributed by atoms with E-state index in [0.29, 0.717) is 19.4 Å². The number of hydrogen-bond acceptors (Lipinski definition) is 4. The number of carbonyl (C=O) groups is 1. The summed E-state index contributed by atoms with van der Waals surface area (Å²) in [6.07, 6.45) is 2.91. The zero-order valence-corrected chi connectivity index (χ0v) is 15.4. The molecule has 7 heteroatoms. The van der Waals surface area contributed by atoms with Crippen molar-refractivity contribution in [3.8, 4) is 0 Å². The molecule has 0 saturated carbocycles. The molecule has 0 N–H and O–H groups in total. The first-order chi connectivity index (χ1) is 10.4. The first-order valence-electron chi connectivity index (χ1n) is 7.13. The Morgan fingerprint density at radius 2 is 2.05 bits per heavy atom. The Kier molecular flexibility index (Phi) is 5.60. The molecule has 1 aliphatic carbocycles. The third-order valence-electron chi connectivity index (χ3n) is 3.97. The molecule has 0 aliphatic heterocycles. The van der Waals surface area contributed by atoms with Crippen LogP contribution in [-0.4, -0.2) is 26.7 Å². The number of nitrogens with zero attached hydrogens (tertiary/aromatic N) is 1. The highest BCUT2D eigenvalue weighted by Crippen LogP contribution is 2.41. The predicted molar refractivity (Wildman–Crippen MR) is 90.7 cm³/mol. The Morgan fingerprint density at radius 1 is 1.41 bits per heavy atom. The molecule has 0 aromatic heterocycles. The van der Waals surface area contributed by atoms with Crippen LogP contribution in [0.2, 0.25) is 0 Å². The maximum absolute atomic E-state index is 12.0. The van der Waals surface area contributed by atoms with Gasteiger partial charge in [-0.15, -0.1) is 0 Å². The van der Waals surface area contributed by atoms with Gasteiger partial charge in [-0.1, -0.05) is 37.9 Å². The van der Waals surface area contributed by atoms with Crippen molar-refractivity contribution in [3.63, 3.8) is 0 Å². The van der Waals surface area contributed by atoms with Gasteiger partial charge >= 0.3 is 5.97 Å². The minimum atomic E-state index is -0.441. The number of nitro benzene ring substituents is 1. The lowest BCUT2D eigenvalue weighted by Gasteiger charge is -2.29. The van der Waals surface area contributed by atoms with Crippen LogP contribution in [0.5, 0.6) is 0 Å². The van der Waals surface area contributed by atoms with E-state index in [1.807, 2.05) is 6.07 Å². The average molecular weight is 435 g/mol. The number of ether oxygens (including phenoxy) is 1. The molecule has 1 aliphatic rings. The average Bonchev–Trinajstić information content (AvgIpc) is 2.67. The van der Waals surface area contributed by atoms with E-state index >= 15 is 0 Å². The number of benzene rings is 1. The summed E-state index contributed by atoms with van der Waals surface area (Å²) in [7, 11) is 0. The minimum Gasteiger partial charge on any atom is -0.465 e. The quantitative estimate of drug-likeness (QED) is 0.236. The minimum absolute atomic E-state index is 0.113. The first kappa shape index (κ1) is 17.4. The van der Waals surface area contributed by atoms with Gasteiger partial charge in [-0.3, -0.25) is 14.9 Å². The van der Waals surface area contributed by atoms with Crippen molar-refractivity contribution in [3.05, 3.63) is 39.4 Å². The summed E-state index contributed by atoms with van der Waals surface area (Å²) in [4.78, 5) is 22.1. The van der Waals surface area contributed by atoms with E-state index in [0.717, 1.165) is 24.0 Å². The van der Waals surface area contributed by atoms with Crippen LogP contribution in [0.1, 0.15) is 30.9 Å². The molecule has 0 fully saturated rings. The zero-order valence-electron chi connectivity index (χ0n) is 12.2. The zero-order chi connectivity index (χ0) is 16.3. The number of carbonyl (C=O) groups excluding carboxylic acids is 1. The second-order valence-corrected chi connectivity index (χ2v) is 7.85. The van der Waals surface area contributed by atoms with E-state index in [1.165, 1.54) is 6.07 Å². The van der Waals surface area contributed by atoms with Crippen molar-refractivity contribution >= 4 is 43.5 Å². The molecule has 0 radical (unpaired) electrons. The maximum atomic E-state index is 12.0. The molecular formula is C15H17Br2NO4. The molecule has 0 bridgehead atoms. The highest BCUT2D eigenvalue weighted by atomic mass is 79.9. The smallest absolute Gasteiger partial charge is 0.321 e. The van der Waals surface area contributed by atoms with Gasteiger partial charge in [0.15, 0.2) is 0 Å². The van der Waals surface area contributed by atoms with Gasteiger partial charge in [0.25, 0.3) is 5.69 Å². The fourth-order valence-corrected chi connectivity index (χ4v) is 3.87. The number of hydrogen-bond donors (Lipinski definition) is 0. The van der Waals surface area contributed by atoms with Crippen molar-refractivity contribution in [1.82, 2.24) is 0 Å². The topological polar surface area (TPSA) is 69.4 Å². The molecule has 5 nitrogen and oxygen atoms in total. The van der Waals surface area contributed by atoms with Gasteiger partial charge in [0, 0.05) is 16.5 Å². The third-order valence-corrected chi connectivity index (χ3v) is 7.08. The molecule has 0 amide bonds. The van der Waals surface area contributed by atoms with Crippen molar-refractivity contribution < 1.29 is 14.5 Å². The summed E-state index contributed by atoms with van der Waals surface area (Å²) >= 11 is 7.16. The van der Waals surface area contributed by atoms with Crippen LogP contribution in [-0.2, 0) is 22.4 Å².